The summed E-state index contributed by atoms with van der Waals surface area (Å²) in [5.41, 5.74) is 2.59. The van der Waals surface area contributed by atoms with Crippen molar-refractivity contribution in [1.29, 1.82) is 0 Å². The van der Waals surface area contributed by atoms with Crippen LogP contribution in [0.25, 0.3) is 0 Å². The van der Waals surface area contributed by atoms with Gasteiger partial charge in [-0.05, 0) is 35.6 Å². The quantitative estimate of drug-likeness (QED) is 0.815. The third-order valence-electron chi connectivity index (χ3n) is 6.15. The first-order chi connectivity index (χ1) is 14.5. The first kappa shape index (κ1) is 18.8. The third kappa shape index (κ3) is 3.07. The minimum Gasteiger partial charge on any atom is -0.492 e. The lowest BCUT2D eigenvalue weighted by Gasteiger charge is -2.30. The predicted octanol–water partition coefficient (Wildman–Crippen LogP) is 1.69. The molecule has 0 bridgehead atoms. The smallest absolute Gasteiger partial charge is 0.261 e. The predicted molar refractivity (Wildman–Crippen MR) is 107 cm³/mol. The van der Waals surface area contributed by atoms with E-state index < -0.39 is 17.6 Å². The Kier molecular flexibility index (Phi) is 4.56. The van der Waals surface area contributed by atoms with Gasteiger partial charge in [0.05, 0.1) is 18.7 Å². The van der Waals surface area contributed by atoms with Crippen LogP contribution in [0.4, 0.5) is 4.39 Å². The number of aromatic nitrogens is 1. The van der Waals surface area contributed by atoms with E-state index in [0.717, 1.165) is 17.5 Å². The molecule has 1 N–H and O–H groups in total. The van der Waals surface area contributed by atoms with Gasteiger partial charge in [-0.25, -0.2) is 4.39 Å². The molecular formula is C22H22FN3O4. The highest BCUT2D eigenvalue weighted by Crippen LogP contribution is 2.32. The fraction of sp³-hybridized carbons (Fsp3) is 0.409. The highest BCUT2D eigenvalue weighted by Gasteiger charge is 2.33. The van der Waals surface area contributed by atoms with E-state index >= 15 is 0 Å². The number of rotatable bonds is 2. The van der Waals surface area contributed by atoms with E-state index in [2.05, 4.69) is 4.98 Å². The van der Waals surface area contributed by atoms with Gasteiger partial charge in [-0.15, -0.1) is 0 Å². The van der Waals surface area contributed by atoms with Gasteiger partial charge in [-0.1, -0.05) is 12.1 Å². The summed E-state index contributed by atoms with van der Waals surface area (Å²) in [6.45, 7) is 1.59. The van der Waals surface area contributed by atoms with E-state index in [0.29, 0.717) is 56.0 Å². The largest absolute Gasteiger partial charge is 0.492 e. The van der Waals surface area contributed by atoms with Gasteiger partial charge in [0.2, 0.25) is 0 Å². The van der Waals surface area contributed by atoms with E-state index in [1.54, 1.807) is 17.2 Å². The van der Waals surface area contributed by atoms with Gasteiger partial charge >= 0.3 is 0 Å². The minimum absolute atomic E-state index is 0.0195. The number of pyridine rings is 1. The van der Waals surface area contributed by atoms with E-state index in [1.807, 2.05) is 12.1 Å². The number of fused-ring (bicyclic) bond motifs is 2. The number of hydrogen-bond acceptors (Lipinski definition) is 4. The molecule has 8 heteroatoms. The topological polar surface area (TPSA) is 82.7 Å². The molecule has 7 nitrogen and oxygen atoms in total. The maximum absolute atomic E-state index is 13.6. The molecule has 4 heterocycles. The summed E-state index contributed by atoms with van der Waals surface area (Å²) in [6.07, 6.45) is 2.01. The highest BCUT2D eigenvalue weighted by atomic mass is 19.1. The van der Waals surface area contributed by atoms with Crippen LogP contribution >= 0.6 is 0 Å². The number of H-pyrrole nitrogens is 1. The van der Waals surface area contributed by atoms with E-state index in [1.165, 1.54) is 4.90 Å². The molecule has 1 aromatic carbocycles. The standard InChI is InChI=1S/C22H22FN3O4/c23-15-4-7-26(12-15)22(29)18-16-5-8-25(11-14(16)10-24-20(18)27)21(28)17-3-1-2-13-6-9-30-19(13)17/h1-3,10,15H,4-9,11-12H2,(H,24,27)/t15-/m0/s1. The second kappa shape index (κ2) is 7.27. The molecule has 1 atom stereocenters. The SMILES string of the molecule is O=C(c1cccc2c1OCC2)N1CCc2c(c[nH]c(=O)c2C(=O)N2CC[C@H](F)C2)C1. The normalized spacial score (nSPS) is 20.0. The zero-order valence-corrected chi connectivity index (χ0v) is 16.4. The number of para-hydroxylation sites is 1. The molecule has 0 radical (unpaired) electrons. The van der Waals surface area contributed by atoms with Gasteiger partial charge < -0.3 is 19.5 Å². The van der Waals surface area contributed by atoms with Crippen LogP contribution in [-0.4, -0.2) is 59.0 Å². The van der Waals surface area contributed by atoms with E-state index in [-0.39, 0.29) is 18.0 Å². The lowest BCUT2D eigenvalue weighted by atomic mass is 9.95. The average Bonchev–Trinajstić information content (AvgIpc) is 3.41. The van der Waals surface area contributed by atoms with Gasteiger partial charge in [0.1, 0.15) is 17.5 Å². The Morgan fingerprint density at radius 3 is 2.77 bits per heavy atom. The number of nitrogens with one attached hydrogen (secondary N) is 1. The van der Waals surface area contributed by atoms with Crippen LogP contribution in [0, 0.1) is 0 Å². The maximum Gasteiger partial charge on any atom is 0.261 e. The number of nitrogens with zero attached hydrogens (tertiary/aromatic N) is 2. The molecule has 0 saturated carbocycles. The van der Waals surface area contributed by atoms with Crippen LogP contribution < -0.4 is 10.3 Å². The fourth-order valence-corrected chi connectivity index (χ4v) is 4.58. The van der Waals surface area contributed by atoms with Gasteiger partial charge in [-0.3, -0.25) is 14.4 Å². The Labute approximate surface area is 172 Å². The van der Waals surface area contributed by atoms with Gasteiger partial charge in [0.25, 0.3) is 17.4 Å². The Morgan fingerprint density at radius 2 is 1.97 bits per heavy atom. The molecule has 0 spiro atoms. The lowest BCUT2D eigenvalue weighted by Crippen LogP contribution is -2.40. The van der Waals surface area contributed by atoms with E-state index in [4.69, 9.17) is 4.74 Å². The molecule has 3 aliphatic rings. The molecular weight excluding hydrogens is 389 g/mol. The summed E-state index contributed by atoms with van der Waals surface area (Å²) in [5, 5.41) is 0. The number of alkyl halides is 1. The van der Waals surface area contributed by atoms with E-state index in [9.17, 15) is 18.8 Å². The van der Waals surface area contributed by atoms with Crippen molar-refractivity contribution < 1.29 is 18.7 Å². The summed E-state index contributed by atoms with van der Waals surface area (Å²) in [7, 11) is 0. The molecule has 2 aromatic rings. The number of carbonyl (C=O) groups is 2. The third-order valence-corrected chi connectivity index (χ3v) is 6.15. The van der Waals surface area contributed by atoms with Crippen LogP contribution in [0.15, 0.2) is 29.2 Å². The second-order valence-electron chi connectivity index (χ2n) is 8.00. The van der Waals surface area contributed by atoms with Crippen molar-refractivity contribution in [2.75, 3.05) is 26.2 Å². The lowest BCUT2D eigenvalue weighted by molar-refractivity contribution is 0.0729. The van der Waals surface area contributed by atoms with Gasteiger partial charge in [0, 0.05) is 32.3 Å². The minimum atomic E-state index is -1.05. The maximum atomic E-state index is 13.6. The summed E-state index contributed by atoms with van der Waals surface area (Å²) in [6, 6.07) is 5.60. The van der Waals surface area contributed by atoms with Crippen molar-refractivity contribution in [3.05, 3.63) is 62.6 Å². The number of aromatic amines is 1. The van der Waals surface area contributed by atoms with Crippen LogP contribution in [0.2, 0.25) is 0 Å². The number of benzene rings is 1. The van der Waals surface area contributed by atoms with Crippen molar-refractivity contribution in [3.63, 3.8) is 0 Å². The second-order valence-corrected chi connectivity index (χ2v) is 8.00. The Hall–Kier alpha value is -3.16. The first-order valence-electron chi connectivity index (χ1n) is 10.2. The zero-order chi connectivity index (χ0) is 20.8. The van der Waals surface area contributed by atoms with Crippen molar-refractivity contribution in [2.45, 2.75) is 32.0 Å². The molecule has 1 saturated heterocycles. The Bertz CT molecular complexity index is 1100. The van der Waals surface area contributed by atoms with Gasteiger partial charge in [-0.2, -0.15) is 0 Å². The summed E-state index contributed by atoms with van der Waals surface area (Å²) in [5.74, 6) is 0.0982. The number of hydrogen-bond donors (Lipinski definition) is 1. The summed E-state index contributed by atoms with van der Waals surface area (Å²) >= 11 is 0. The molecule has 3 aliphatic heterocycles. The molecule has 0 unspecified atom stereocenters. The molecule has 1 fully saturated rings. The Morgan fingerprint density at radius 1 is 1.10 bits per heavy atom. The molecule has 30 heavy (non-hydrogen) atoms. The molecule has 156 valence electrons. The first-order valence-corrected chi connectivity index (χ1v) is 10.2. The summed E-state index contributed by atoms with van der Waals surface area (Å²) in [4.78, 5) is 44.2. The number of amides is 2. The number of ether oxygens (including phenoxy) is 1. The molecule has 5 rings (SSSR count). The van der Waals surface area contributed by atoms with Crippen LogP contribution in [0.1, 0.15) is 43.8 Å². The van der Waals surface area contributed by atoms with Crippen molar-refractivity contribution >= 4 is 11.8 Å². The van der Waals surface area contributed by atoms with Crippen molar-refractivity contribution in [3.8, 4) is 5.75 Å². The zero-order valence-electron chi connectivity index (χ0n) is 16.4. The number of likely N-dealkylation sites (tertiary alicyclic amines) is 1. The molecule has 1 aromatic heterocycles. The van der Waals surface area contributed by atoms with Crippen LogP contribution in [0.5, 0.6) is 5.75 Å². The number of halogens is 1. The monoisotopic (exact) mass is 411 g/mol. The highest BCUT2D eigenvalue weighted by molar-refractivity contribution is 5.98. The van der Waals surface area contributed by atoms with Crippen molar-refractivity contribution in [1.82, 2.24) is 14.8 Å². The molecule has 0 aliphatic carbocycles. The average molecular weight is 411 g/mol. The van der Waals surface area contributed by atoms with Gasteiger partial charge in [0.15, 0.2) is 0 Å². The summed E-state index contributed by atoms with van der Waals surface area (Å²) < 4.78 is 19.2. The number of carbonyl (C=O) groups excluding carboxylic acids is 2. The van der Waals surface area contributed by atoms with Crippen molar-refractivity contribution in [2.24, 2.45) is 0 Å². The molecule has 2 amide bonds. The van der Waals surface area contributed by atoms with Crippen LogP contribution in [-0.2, 0) is 19.4 Å². The van der Waals surface area contributed by atoms with Crippen LogP contribution in [0.3, 0.4) is 0 Å². The Balaban J connectivity index is 1.43. The fourth-order valence-electron chi connectivity index (χ4n) is 4.58.